The van der Waals surface area contributed by atoms with Crippen molar-refractivity contribution in [3.63, 3.8) is 0 Å². The minimum Gasteiger partial charge on any atom is -0.457 e. The second-order valence-corrected chi connectivity index (χ2v) is 10.5. The number of hydrogen-bond donors (Lipinski definition) is 0. The summed E-state index contributed by atoms with van der Waals surface area (Å²) in [4.78, 5) is 2.67. The normalized spacial score (nSPS) is 10.7. The predicted octanol–water partition coefficient (Wildman–Crippen LogP) is 9.95. The van der Waals surface area contributed by atoms with E-state index in [1.54, 1.807) is 22.7 Å². The van der Waals surface area contributed by atoms with Crippen molar-refractivity contribution in [3.8, 4) is 32.4 Å². The third kappa shape index (κ3) is 6.13. The van der Waals surface area contributed by atoms with Gasteiger partial charge in [-0.15, -0.1) is 22.7 Å². The van der Waals surface area contributed by atoms with Crippen molar-refractivity contribution in [2.24, 2.45) is 0 Å². The Balaban J connectivity index is 1.45. The van der Waals surface area contributed by atoms with Crippen molar-refractivity contribution in [2.75, 3.05) is 0 Å². The maximum atomic E-state index is 6.13. The van der Waals surface area contributed by atoms with Crippen LogP contribution in [0.2, 0.25) is 0 Å². The van der Waals surface area contributed by atoms with Crippen LogP contribution in [0.3, 0.4) is 0 Å². The van der Waals surface area contributed by atoms with Crippen molar-refractivity contribution in [2.45, 2.75) is 40.5 Å². The minimum absolute atomic E-state index is 0.856. The number of benzene rings is 2. The quantitative estimate of drug-likeness (QED) is 0.233. The molecule has 0 aliphatic carbocycles. The molecule has 0 amide bonds. The van der Waals surface area contributed by atoms with Crippen molar-refractivity contribution in [3.05, 3.63) is 106 Å². The molecule has 2 aromatic heterocycles. The van der Waals surface area contributed by atoms with Crippen molar-refractivity contribution < 1.29 is 4.74 Å². The molecule has 168 valence electrons. The van der Waals surface area contributed by atoms with Crippen molar-refractivity contribution >= 4 is 22.7 Å². The molecule has 0 saturated heterocycles. The molecule has 4 aromatic rings. The van der Waals surface area contributed by atoms with E-state index >= 15 is 0 Å². The Kier molecular flexibility index (Phi) is 7.64. The molecule has 0 spiro atoms. The molecule has 2 heterocycles. The van der Waals surface area contributed by atoms with Crippen LogP contribution in [0.1, 0.15) is 38.8 Å². The number of ether oxygens (including phenoxy) is 1. The lowest BCUT2D eigenvalue weighted by molar-refractivity contribution is 0.483. The number of thiophene rings is 2. The van der Waals surface area contributed by atoms with Crippen LogP contribution in [-0.2, 0) is 12.8 Å². The third-order valence-corrected chi connectivity index (χ3v) is 7.43. The second-order valence-electron chi connectivity index (χ2n) is 8.67. The van der Waals surface area contributed by atoms with E-state index in [4.69, 9.17) is 4.74 Å². The molecule has 0 atom stereocenters. The summed E-state index contributed by atoms with van der Waals surface area (Å²) in [6.45, 7) is 8.59. The molecule has 0 aliphatic heterocycles. The summed E-state index contributed by atoms with van der Waals surface area (Å²) in [6.07, 6.45) is 6.53. The Morgan fingerprint density at radius 3 is 1.36 bits per heavy atom. The van der Waals surface area contributed by atoms with Gasteiger partial charge in [-0.1, -0.05) is 23.3 Å². The van der Waals surface area contributed by atoms with Crippen LogP contribution in [0.5, 0.6) is 11.5 Å². The van der Waals surface area contributed by atoms with E-state index in [0.717, 1.165) is 24.3 Å². The van der Waals surface area contributed by atoms with Crippen LogP contribution >= 0.6 is 22.7 Å². The highest BCUT2D eigenvalue weighted by atomic mass is 32.1. The lowest BCUT2D eigenvalue weighted by atomic mass is 10.1. The molecule has 0 unspecified atom stereocenters. The van der Waals surface area contributed by atoms with Gasteiger partial charge in [0.25, 0.3) is 0 Å². The van der Waals surface area contributed by atoms with Crippen LogP contribution in [0.15, 0.2) is 94.7 Å². The van der Waals surface area contributed by atoms with Crippen LogP contribution in [0, 0.1) is 0 Å². The largest absolute Gasteiger partial charge is 0.457 e. The Morgan fingerprint density at radius 2 is 1.00 bits per heavy atom. The molecule has 0 saturated carbocycles. The van der Waals surface area contributed by atoms with Crippen LogP contribution < -0.4 is 4.74 Å². The first-order chi connectivity index (χ1) is 16.0. The molecule has 0 bridgehead atoms. The molecular formula is C30H30OS2. The second kappa shape index (κ2) is 10.8. The summed E-state index contributed by atoms with van der Waals surface area (Å²) >= 11 is 3.60. The van der Waals surface area contributed by atoms with Crippen LogP contribution in [-0.4, -0.2) is 0 Å². The zero-order chi connectivity index (χ0) is 23.2. The fourth-order valence-corrected chi connectivity index (χ4v) is 5.50. The third-order valence-electron chi connectivity index (χ3n) is 5.42. The highest BCUT2D eigenvalue weighted by molar-refractivity contribution is 7.14. The van der Waals surface area contributed by atoms with Gasteiger partial charge >= 0.3 is 0 Å². The number of allylic oxidation sites excluding steroid dienone is 4. The summed E-state index contributed by atoms with van der Waals surface area (Å²) in [5.74, 6) is 1.71. The van der Waals surface area contributed by atoms with Crippen molar-refractivity contribution in [1.82, 2.24) is 0 Å². The number of hydrogen-bond acceptors (Lipinski definition) is 3. The Morgan fingerprint density at radius 1 is 0.606 bits per heavy atom. The Labute approximate surface area is 205 Å². The zero-order valence-corrected chi connectivity index (χ0v) is 21.4. The molecule has 2 aromatic carbocycles. The molecule has 1 nitrogen and oxygen atoms in total. The topological polar surface area (TPSA) is 9.23 Å². The van der Waals surface area contributed by atoms with E-state index < -0.39 is 0 Å². The lowest BCUT2D eigenvalue weighted by Gasteiger charge is -2.09. The molecule has 0 radical (unpaired) electrons. The smallest absolute Gasteiger partial charge is 0.127 e. The standard InChI is InChI=1S/C30H30OS2/c1-21(2)5-7-25-17-19-32-29(25)23-9-13-27(14-10-23)31-28-15-11-24(12-16-28)30-26(18-20-33-30)8-6-22(3)4/h5-6,9-20H,7-8H2,1-4H3. The first kappa shape index (κ1) is 23.3. The molecule has 0 fully saturated rings. The summed E-state index contributed by atoms with van der Waals surface area (Å²) in [7, 11) is 0. The van der Waals surface area contributed by atoms with E-state index in [-0.39, 0.29) is 0 Å². The first-order valence-electron chi connectivity index (χ1n) is 11.3. The average molecular weight is 471 g/mol. The first-order valence-corrected chi connectivity index (χ1v) is 13.0. The zero-order valence-electron chi connectivity index (χ0n) is 19.7. The SMILES string of the molecule is CC(C)=CCc1ccsc1-c1ccc(Oc2ccc(-c3sccc3CC=C(C)C)cc2)cc1. The fraction of sp³-hybridized carbons (Fsp3) is 0.200. The maximum Gasteiger partial charge on any atom is 0.127 e. The number of rotatable bonds is 8. The van der Waals surface area contributed by atoms with E-state index in [0.29, 0.717) is 0 Å². The van der Waals surface area contributed by atoms with Gasteiger partial charge in [0.2, 0.25) is 0 Å². The summed E-state index contributed by atoms with van der Waals surface area (Å²) in [5.41, 5.74) is 7.94. The molecule has 0 N–H and O–H groups in total. The fourth-order valence-electron chi connectivity index (χ4n) is 3.61. The molecule has 33 heavy (non-hydrogen) atoms. The van der Waals surface area contributed by atoms with Crippen molar-refractivity contribution in [1.29, 1.82) is 0 Å². The highest BCUT2D eigenvalue weighted by Gasteiger charge is 2.09. The molecule has 4 rings (SSSR count). The van der Waals surface area contributed by atoms with E-state index in [1.807, 2.05) is 0 Å². The van der Waals surface area contributed by atoms with E-state index in [1.165, 1.54) is 43.2 Å². The minimum atomic E-state index is 0.856. The van der Waals surface area contributed by atoms with Gasteiger partial charge in [-0.2, -0.15) is 0 Å². The van der Waals surface area contributed by atoms with E-state index in [9.17, 15) is 0 Å². The van der Waals surface area contributed by atoms with Gasteiger partial charge in [0.15, 0.2) is 0 Å². The summed E-state index contributed by atoms with van der Waals surface area (Å²) < 4.78 is 6.13. The van der Waals surface area contributed by atoms with Gasteiger partial charge < -0.3 is 4.74 Å². The summed E-state index contributed by atoms with van der Waals surface area (Å²) in [6, 6.07) is 21.3. The maximum absolute atomic E-state index is 6.13. The van der Waals surface area contributed by atoms with Crippen LogP contribution in [0.4, 0.5) is 0 Å². The van der Waals surface area contributed by atoms with Gasteiger partial charge in [-0.3, -0.25) is 0 Å². The Hall–Kier alpha value is -2.88. The molecule has 3 heteroatoms. The average Bonchev–Trinajstić information content (AvgIpc) is 3.47. The van der Waals surface area contributed by atoms with Gasteiger partial charge in [-0.05, 0) is 134 Å². The Bertz CT molecular complexity index is 1140. The predicted molar refractivity (Wildman–Crippen MR) is 146 cm³/mol. The van der Waals surface area contributed by atoms with Crippen LogP contribution in [0.25, 0.3) is 20.9 Å². The van der Waals surface area contributed by atoms with E-state index in [2.05, 4.69) is 111 Å². The molecular weight excluding hydrogens is 440 g/mol. The summed E-state index contributed by atoms with van der Waals surface area (Å²) in [5, 5.41) is 4.35. The van der Waals surface area contributed by atoms with Gasteiger partial charge in [0.05, 0.1) is 0 Å². The van der Waals surface area contributed by atoms with Gasteiger partial charge in [0.1, 0.15) is 11.5 Å². The van der Waals surface area contributed by atoms with Gasteiger partial charge in [0, 0.05) is 9.75 Å². The monoisotopic (exact) mass is 470 g/mol. The van der Waals surface area contributed by atoms with Gasteiger partial charge in [-0.25, -0.2) is 0 Å². The highest BCUT2D eigenvalue weighted by Crippen LogP contribution is 2.34. The lowest BCUT2D eigenvalue weighted by Crippen LogP contribution is -1.87. The molecule has 0 aliphatic rings.